The second kappa shape index (κ2) is 6.56. The van der Waals surface area contributed by atoms with Crippen molar-refractivity contribution in [3.05, 3.63) is 53.6 Å². The first kappa shape index (κ1) is 14.6. The summed E-state index contributed by atoms with van der Waals surface area (Å²) in [5.74, 6) is 0.708. The molecule has 1 N–H and O–H groups in total. The zero-order valence-corrected chi connectivity index (χ0v) is 11.8. The van der Waals surface area contributed by atoms with Crippen molar-refractivity contribution in [2.75, 3.05) is 19.5 Å². The van der Waals surface area contributed by atoms with Gasteiger partial charge >= 0.3 is 0 Å². The molecular weight excluding hydrogens is 270 g/mol. The van der Waals surface area contributed by atoms with Crippen LogP contribution in [0, 0.1) is 0 Å². The summed E-state index contributed by atoms with van der Waals surface area (Å²) in [6, 6.07) is 11.6. The summed E-state index contributed by atoms with van der Waals surface area (Å²) in [6.07, 6.45) is 0.747. The van der Waals surface area contributed by atoms with Gasteiger partial charge in [-0.25, -0.2) is 0 Å². The lowest BCUT2D eigenvalue weighted by molar-refractivity contribution is 0.102. The standard InChI is InChI=1S/C16H15NO4/c1-20-13-7-8-15(21-2)14(9-13)16(19)17-12-5-3-11(10-18)4-6-12/h3-10H,1-2H3,(H,17,19). The largest absolute Gasteiger partial charge is 0.497 e. The molecule has 5 nitrogen and oxygen atoms in total. The van der Waals surface area contributed by atoms with E-state index < -0.39 is 0 Å². The number of aldehydes is 1. The Hall–Kier alpha value is -2.82. The number of ether oxygens (including phenoxy) is 2. The number of carbonyl (C=O) groups excluding carboxylic acids is 2. The second-order valence-corrected chi connectivity index (χ2v) is 4.26. The molecule has 1 amide bonds. The summed E-state index contributed by atoms with van der Waals surface area (Å²) in [5, 5.41) is 2.75. The molecule has 0 radical (unpaired) electrons. The molecule has 2 rings (SSSR count). The minimum atomic E-state index is -0.315. The molecule has 108 valence electrons. The number of carbonyl (C=O) groups is 2. The quantitative estimate of drug-likeness (QED) is 0.858. The van der Waals surface area contributed by atoms with Gasteiger partial charge in [-0.1, -0.05) is 0 Å². The maximum atomic E-state index is 12.3. The molecule has 0 atom stereocenters. The van der Waals surface area contributed by atoms with E-state index in [1.807, 2.05) is 0 Å². The third kappa shape index (κ3) is 3.39. The zero-order chi connectivity index (χ0) is 15.2. The number of hydrogen-bond donors (Lipinski definition) is 1. The average molecular weight is 285 g/mol. The summed E-state index contributed by atoms with van der Waals surface area (Å²) in [4.78, 5) is 22.9. The van der Waals surface area contributed by atoms with Crippen molar-refractivity contribution < 1.29 is 19.1 Å². The molecule has 0 aromatic heterocycles. The van der Waals surface area contributed by atoms with Crippen LogP contribution in [0.4, 0.5) is 5.69 Å². The molecule has 0 saturated carbocycles. The number of benzene rings is 2. The molecule has 0 fully saturated rings. The zero-order valence-electron chi connectivity index (χ0n) is 11.8. The first-order valence-electron chi connectivity index (χ1n) is 6.26. The van der Waals surface area contributed by atoms with Crippen molar-refractivity contribution in [2.24, 2.45) is 0 Å². The maximum absolute atomic E-state index is 12.3. The van der Waals surface area contributed by atoms with Crippen molar-refractivity contribution in [3.8, 4) is 11.5 Å². The van der Waals surface area contributed by atoms with E-state index in [0.717, 1.165) is 6.29 Å². The van der Waals surface area contributed by atoms with Crippen LogP contribution in [0.2, 0.25) is 0 Å². The Labute approximate surface area is 122 Å². The fraction of sp³-hybridized carbons (Fsp3) is 0.125. The first-order valence-corrected chi connectivity index (χ1v) is 6.26. The van der Waals surface area contributed by atoms with Crippen molar-refractivity contribution in [2.45, 2.75) is 0 Å². The van der Waals surface area contributed by atoms with E-state index in [1.165, 1.54) is 14.2 Å². The normalized spacial score (nSPS) is 9.81. The molecule has 0 aliphatic heterocycles. The SMILES string of the molecule is COc1ccc(OC)c(C(=O)Nc2ccc(C=O)cc2)c1. The van der Waals surface area contributed by atoms with Crippen LogP contribution in [-0.2, 0) is 0 Å². The molecule has 0 heterocycles. The first-order chi connectivity index (χ1) is 10.2. The van der Waals surface area contributed by atoms with Gasteiger partial charge in [0.2, 0.25) is 0 Å². The number of anilines is 1. The van der Waals surface area contributed by atoms with E-state index in [0.29, 0.717) is 28.3 Å². The van der Waals surface area contributed by atoms with Gasteiger partial charge in [0.1, 0.15) is 17.8 Å². The summed E-state index contributed by atoms with van der Waals surface area (Å²) in [5.41, 5.74) is 1.51. The third-order valence-corrected chi connectivity index (χ3v) is 2.96. The van der Waals surface area contributed by atoms with Gasteiger partial charge in [-0.2, -0.15) is 0 Å². The van der Waals surface area contributed by atoms with Gasteiger partial charge in [0.05, 0.1) is 19.8 Å². The third-order valence-electron chi connectivity index (χ3n) is 2.96. The van der Waals surface area contributed by atoms with Gasteiger partial charge in [0.15, 0.2) is 0 Å². The molecule has 21 heavy (non-hydrogen) atoms. The number of hydrogen-bond acceptors (Lipinski definition) is 4. The highest BCUT2D eigenvalue weighted by molar-refractivity contribution is 6.06. The van der Waals surface area contributed by atoms with Gasteiger partial charge in [-0.05, 0) is 42.5 Å². The van der Waals surface area contributed by atoms with Crippen LogP contribution in [-0.4, -0.2) is 26.4 Å². The van der Waals surface area contributed by atoms with Gasteiger partial charge in [-0.15, -0.1) is 0 Å². The Balaban J connectivity index is 2.24. The molecule has 2 aromatic carbocycles. The van der Waals surface area contributed by atoms with Crippen molar-refractivity contribution in [1.82, 2.24) is 0 Å². The Morgan fingerprint density at radius 3 is 2.33 bits per heavy atom. The van der Waals surface area contributed by atoms with Crippen LogP contribution in [0.15, 0.2) is 42.5 Å². The Bertz CT molecular complexity index is 650. The van der Waals surface area contributed by atoms with Crippen LogP contribution < -0.4 is 14.8 Å². The van der Waals surface area contributed by atoms with E-state index in [1.54, 1.807) is 42.5 Å². The van der Waals surface area contributed by atoms with Crippen LogP contribution >= 0.6 is 0 Å². The molecule has 0 saturated heterocycles. The van der Waals surface area contributed by atoms with Gasteiger partial charge in [0, 0.05) is 11.3 Å². The highest BCUT2D eigenvalue weighted by atomic mass is 16.5. The summed E-state index contributed by atoms with van der Waals surface area (Å²) >= 11 is 0. The fourth-order valence-corrected chi connectivity index (χ4v) is 1.83. The lowest BCUT2D eigenvalue weighted by Crippen LogP contribution is -2.13. The molecule has 0 aliphatic carbocycles. The summed E-state index contributed by atoms with van der Waals surface area (Å²) in [6.45, 7) is 0. The van der Waals surface area contributed by atoms with E-state index in [9.17, 15) is 9.59 Å². The van der Waals surface area contributed by atoms with Gasteiger partial charge < -0.3 is 14.8 Å². The summed E-state index contributed by atoms with van der Waals surface area (Å²) in [7, 11) is 3.03. The molecule has 2 aromatic rings. The average Bonchev–Trinajstić information content (AvgIpc) is 2.54. The minimum absolute atomic E-state index is 0.315. The molecule has 0 unspecified atom stereocenters. The van der Waals surface area contributed by atoms with E-state index in [4.69, 9.17) is 9.47 Å². The van der Waals surface area contributed by atoms with Crippen molar-refractivity contribution >= 4 is 17.9 Å². The Morgan fingerprint density at radius 2 is 1.76 bits per heavy atom. The lowest BCUT2D eigenvalue weighted by Gasteiger charge is -2.11. The Morgan fingerprint density at radius 1 is 1.05 bits per heavy atom. The molecule has 0 bridgehead atoms. The molecule has 0 spiro atoms. The number of rotatable bonds is 5. The number of nitrogens with one attached hydrogen (secondary N) is 1. The summed E-state index contributed by atoms with van der Waals surface area (Å²) < 4.78 is 10.3. The van der Waals surface area contributed by atoms with Crippen LogP contribution in [0.1, 0.15) is 20.7 Å². The highest BCUT2D eigenvalue weighted by Gasteiger charge is 2.13. The minimum Gasteiger partial charge on any atom is -0.497 e. The van der Waals surface area contributed by atoms with Crippen molar-refractivity contribution in [3.63, 3.8) is 0 Å². The van der Waals surface area contributed by atoms with Gasteiger partial charge in [0.25, 0.3) is 5.91 Å². The van der Waals surface area contributed by atoms with Crippen LogP contribution in [0.3, 0.4) is 0 Å². The second-order valence-electron chi connectivity index (χ2n) is 4.26. The highest BCUT2D eigenvalue weighted by Crippen LogP contribution is 2.25. The van der Waals surface area contributed by atoms with E-state index >= 15 is 0 Å². The smallest absolute Gasteiger partial charge is 0.259 e. The molecule has 0 aliphatic rings. The van der Waals surface area contributed by atoms with Crippen LogP contribution in [0.25, 0.3) is 0 Å². The topological polar surface area (TPSA) is 64.6 Å². The predicted molar refractivity (Wildman–Crippen MR) is 79.3 cm³/mol. The van der Waals surface area contributed by atoms with Crippen LogP contribution in [0.5, 0.6) is 11.5 Å². The fourth-order valence-electron chi connectivity index (χ4n) is 1.83. The predicted octanol–water partition coefficient (Wildman–Crippen LogP) is 2.77. The van der Waals surface area contributed by atoms with E-state index in [-0.39, 0.29) is 5.91 Å². The maximum Gasteiger partial charge on any atom is 0.259 e. The van der Waals surface area contributed by atoms with E-state index in [2.05, 4.69) is 5.32 Å². The Kier molecular flexibility index (Phi) is 4.56. The van der Waals surface area contributed by atoms with Gasteiger partial charge in [-0.3, -0.25) is 9.59 Å². The molecular formula is C16H15NO4. The molecule has 5 heteroatoms. The number of methoxy groups -OCH3 is 2. The number of amides is 1. The lowest BCUT2D eigenvalue weighted by atomic mass is 10.1. The van der Waals surface area contributed by atoms with Crippen molar-refractivity contribution in [1.29, 1.82) is 0 Å². The monoisotopic (exact) mass is 285 g/mol.